The van der Waals surface area contributed by atoms with Crippen LogP contribution in [-0.2, 0) is 17.6 Å². The minimum absolute atomic E-state index is 0.111. The molecular formula is C21H20ClNO2. The van der Waals surface area contributed by atoms with Gasteiger partial charge in [0.05, 0.1) is 13.0 Å². The molecule has 1 amide bonds. The van der Waals surface area contributed by atoms with Crippen molar-refractivity contribution in [1.29, 1.82) is 0 Å². The van der Waals surface area contributed by atoms with Crippen molar-refractivity contribution >= 4 is 17.5 Å². The predicted molar refractivity (Wildman–Crippen MR) is 102 cm³/mol. The third-order valence-corrected chi connectivity index (χ3v) is 3.81. The lowest BCUT2D eigenvalue weighted by atomic mass is 10.1. The van der Waals surface area contributed by atoms with E-state index >= 15 is 0 Å². The highest BCUT2D eigenvalue weighted by molar-refractivity contribution is 6.31. The third-order valence-electron chi connectivity index (χ3n) is 3.44. The lowest BCUT2D eigenvalue weighted by Gasteiger charge is -2.07. The summed E-state index contributed by atoms with van der Waals surface area (Å²) in [5.41, 5.74) is 1.88. The number of nitrogens with one attached hydrogen (secondary N) is 1. The van der Waals surface area contributed by atoms with Crippen molar-refractivity contribution in [3.05, 3.63) is 77.3 Å². The highest BCUT2D eigenvalue weighted by Gasteiger charge is 2.05. The van der Waals surface area contributed by atoms with E-state index in [2.05, 4.69) is 23.7 Å². The summed E-state index contributed by atoms with van der Waals surface area (Å²) in [5, 5.41) is 3.34. The Morgan fingerprint density at radius 1 is 1.12 bits per heavy atom. The maximum Gasteiger partial charge on any atom is 0.225 e. The number of benzene rings is 2. The van der Waals surface area contributed by atoms with Crippen molar-refractivity contribution in [1.82, 2.24) is 5.32 Å². The van der Waals surface area contributed by atoms with Gasteiger partial charge >= 0.3 is 0 Å². The summed E-state index contributed by atoms with van der Waals surface area (Å²) in [5.74, 6) is 6.47. The van der Waals surface area contributed by atoms with Gasteiger partial charge in [0.25, 0.3) is 0 Å². The number of amides is 1. The average molecular weight is 354 g/mol. The lowest BCUT2D eigenvalue weighted by Crippen LogP contribution is -2.25. The Kier molecular flexibility index (Phi) is 7.62. The molecule has 4 heteroatoms. The number of ether oxygens (including phenoxy) is 1. The molecule has 2 aromatic carbocycles. The van der Waals surface area contributed by atoms with Crippen LogP contribution in [0.15, 0.2) is 61.2 Å². The molecule has 0 atom stereocenters. The first-order valence-corrected chi connectivity index (χ1v) is 8.36. The predicted octanol–water partition coefficient (Wildman–Crippen LogP) is 3.81. The summed E-state index contributed by atoms with van der Waals surface area (Å²) in [4.78, 5) is 11.9. The van der Waals surface area contributed by atoms with Crippen molar-refractivity contribution in [3.8, 4) is 17.6 Å². The van der Waals surface area contributed by atoms with Crippen molar-refractivity contribution in [3.63, 3.8) is 0 Å². The second kappa shape index (κ2) is 10.2. The molecule has 2 aromatic rings. The van der Waals surface area contributed by atoms with E-state index in [4.69, 9.17) is 16.3 Å². The van der Waals surface area contributed by atoms with Gasteiger partial charge in [0, 0.05) is 5.02 Å². The molecule has 0 aliphatic heterocycles. The molecule has 0 saturated carbocycles. The topological polar surface area (TPSA) is 38.3 Å². The van der Waals surface area contributed by atoms with Gasteiger partial charge in [-0.1, -0.05) is 65.9 Å². The lowest BCUT2D eigenvalue weighted by molar-refractivity contribution is -0.120. The third kappa shape index (κ3) is 6.37. The second-order valence-corrected chi connectivity index (χ2v) is 5.69. The number of hydrogen-bond acceptors (Lipinski definition) is 2. The molecular weight excluding hydrogens is 334 g/mol. The number of para-hydroxylation sites is 1. The van der Waals surface area contributed by atoms with Crippen LogP contribution >= 0.6 is 11.6 Å². The van der Waals surface area contributed by atoms with E-state index in [0.29, 0.717) is 5.02 Å². The number of allylic oxidation sites excluding steroid dienone is 1. The minimum Gasteiger partial charge on any atom is -0.481 e. The van der Waals surface area contributed by atoms with E-state index in [9.17, 15) is 4.79 Å². The molecule has 1 N–H and O–H groups in total. The van der Waals surface area contributed by atoms with E-state index in [1.54, 1.807) is 6.07 Å². The quantitative estimate of drug-likeness (QED) is 0.607. The summed E-state index contributed by atoms with van der Waals surface area (Å²) < 4.78 is 5.66. The fraction of sp³-hybridized carbons (Fsp3) is 0.190. The van der Waals surface area contributed by atoms with Gasteiger partial charge in [-0.2, -0.15) is 0 Å². The van der Waals surface area contributed by atoms with Crippen LogP contribution in [0.2, 0.25) is 5.02 Å². The fourth-order valence-corrected chi connectivity index (χ4v) is 2.42. The zero-order valence-electron chi connectivity index (χ0n) is 13.9. The van der Waals surface area contributed by atoms with Crippen LogP contribution in [0.1, 0.15) is 11.1 Å². The van der Waals surface area contributed by atoms with Crippen molar-refractivity contribution < 1.29 is 9.53 Å². The van der Waals surface area contributed by atoms with Crippen molar-refractivity contribution in [2.75, 3.05) is 13.2 Å². The Bertz CT molecular complexity index is 790. The first kappa shape index (κ1) is 18.6. The first-order valence-electron chi connectivity index (χ1n) is 7.98. The van der Waals surface area contributed by atoms with Gasteiger partial charge in [-0.3, -0.25) is 4.79 Å². The standard InChI is InChI=1S/C21H20ClNO2/c1-2-9-17-10-4-6-13-20(17)25-15-8-7-14-23-21(24)16-18-11-3-5-12-19(18)22/h2-6,10-13H,1,9,14-16H2,(H,23,24). The van der Waals surface area contributed by atoms with Gasteiger partial charge in [0.1, 0.15) is 12.4 Å². The molecule has 3 nitrogen and oxygen atoms in total. The van der Waals surface area contributed by atoms with Crippen LogP contribution in [0.5, 0.6) is 5.75 Å². The number of hydrogen-bond donors (Lipinski definition) is 1. The number of rotatable bonds is 7. The Labute approximate surface area is 153 Å². The highest BCUT2D eigenvalue weighted by Crippen LogP contribution is 2.18. The Morgan fingerprint density at radius 2 is 1.84 bits per heavy atom. The van der Waals surface area contributed by atoms with Crippen LogP contribution < -0.4 is 10.1 Å². The summed E-state index contributed by atoms with van der Waals surface area (Å²) in [7, 11) is 0. The van der Waals surface area contributed by atoms with Crippen molar-refractivity contribution in [2.24, 2.45) is 0 Å². The van der Waals surface area contributed by atoms with Crippen LogP contribution in [0.3, 0.4) is 0 Å². The van der Waals surface area contributed by atoms with Crippen LogP contribution in [-0.4, -0.2) is 19.1 Å². The second-order valence-electron chi connectivity index (χ2n) is 5.29. The van der Waals surface area contributed by atoms with E-state index in [1.807, 2.05) is 48.5 Å². The van der Waals surface area contributed by atoms with Gasteiger partial charge < -0.3 is 10.1 Å². The Hall–Kier alpha value is -2.70. The van der Waals surface area contributed by atoms with Gasteiger partial charge in [-0.15, -0.1) is 6.58 Å². The minimum atomic E-state index is -0.111. The molecule has 0 aliphatic rings. The number of carbonyl (C=O) groups excluding carboxylic acids is 1. The summed E-state index contributed by atoms with van der Waals surface area (Å²) in [6, 6.07) is 15.1. The van der Waals surface area contributed by atoms with Gasteiger partial charge in [-0.25, -0.2) is 0 Å². The molecule has 0 heterocycles. The number of carbonyl (C=O) groups is 1. The van der Waals surface area contributed by atoms with Gasteiger partial charge in [0.15, 0.2) is 0 Å². The van der Waals surface area contributed by atoms with Gasteiger partial charge in [0.2, 0.25) is 5.91 Å². The molecule has 0 unspecified atom stereocenters. The van der Waals surface area contributed by atoms with Crippen LogP contribution in [0.25, 0.3) is 0 Å². The number of halogens is 1. The molecule has 25 heavy (non-hydrogen) atoms. The van der Waals surface area contributed by atoms with Crippen LogP contribution in [0, 0.1) is 11.8 Å². The zero-order valence-corrected chi connectivity index (χ0v) is 14.7. The zero-order chi connectivity index (χ0) is 17.9. The average Bonchev–Trinajstić information content (AvgIpc) is 2.61. The van der Waals surface area contributed by atoms with E-state index in [1.165, 1.54) is 0 Å². The van der Waals surface area contributed by atoms with Gasteiger partial charge in [-0.05, 0) is 29.7 Å². The molecule has 0 aromatic heterocycles. The maximum atomic E-state index is 11.9. The molecule has 0 radical (unpaired) electrons. The molecule has 0 saturated heterocycles. The fourth-order valence-electron chi connectivity index (χ4n) is 2.22. The largest absolute Gasteiger partial charge is 0.481 e. The summed E-state index contributed by atoms with van der Waals surface area (Å²) in [6.45, 7) is 4.29. The monoisotopic (exact) mass is 353 g/mol. The first-order chi connectivity index (χ1) is 12.2. The van der Waals surface area contributed by atoms with E-state index in [-0.39, 0.29) is 25.5 Å². The smallest absolute Gasteiger partial charge is 0.225 e. The summed E-state index contributed by atoms with van der Waals surface area (Å²) >= 11 is 6.03. The molecule has 2 rings (SSSR count). The molecule has 128 valence electrons. The molecule has 0 fully saturated rings. The maximum absolute atomic E-state index is 11.9. The molecule has 0 bridgehead atoms. The van der Waals surface area contributed by atoms with Crippen molar-refractivity contribution in [2.45, 2.75) is 12.8 Å². The normalized spacial score (nSPS) is 9.64. The molecule has 0 spiro atoms. The van der Waals surface area contributed by atoms with Crippen LogP contribution in [0.4, 0.5) is 0 Å². The Morgan fingerprint density at radius 3 is 2.60 bits per heavy atom. The molecule has 0 aliphatic carbocycles. The summed E-state index contributed by atoms with van der Waals surface area (Å²) in [6.07, 6.45) is 2.83. The van der Waals surface area contributed by atoms with E-state index in [0.717, 1.165) is 23.3 Å². The Balaban J connectivity index is 1.73. The SMILES string of the molecule is C=CCc1ccccc1OCC#CCNC(=O)Cc1ccccc1Cl. The van der Waals surface area contributed by atoms with E-state index < -0.39 is 0 Å². The highest BCUT2D eigenvalue weighted by atomic mass is 35.5.